The summed E-state index contributed by atoms with van der Waals surface area (Å²) in [6.45, 7) is 1.79. The topological polar surface area (TPSA) is 108 Å². The predicted octanol–water partition coefficient (Wildman–Crippen LogP) is 3.37. The molecule has 1 unspecified atom stereocenters. The summed E-state index contributed by atoms with van der Waals surface area (Å²) in [5, 5.41) is 17.4. The van der Waals surface area contributed by atoms with Crippen molar-refractivity contribution in [2.75, 3.05) is 10.6 Å². The molecule has 7 heteroatoms. The van der Waals surface area contributed by atoms with E-state index >= 15 is 0 Å². The van der Waals surface area contributed by atoms with Crippen LogP contribution >= 0.6 is 0 Å². The number of nitrogens with one attached hydrogen (secondary N) is 3. The molecule has 4 N–H and O–H groups in total. The molecule has 27 heavy (non-hydrogen) atoms. The Morgan fingerprint density at radius 2 is 1.48 bits per heavy atom. The van der Waals surface area contributed by atoms with Gasteiger partial charge in [-0.15, -0.1) is 0 Å². The number of benzene rings is 2. The van der Waals surface area contributed by atoms with Crippen LogP contribution in [0.3, 0.4) is 0 Å². The fraction of sp³-hybridized carbons (Fsp3) is 0.250. The average Bonchev–Trinajstić information content (AvgIpc) is 3.45. The highest BCUT2D eigenvalue weighted by Crippen LogP contribution is 2.46. The number of hydrogen-bond acceptors (Lipinski definition) is 3. The molecule has 1 aliphatic carbocycles. The molecule has 1 fully saturated rings. The first-order valence-corrected chi connectivity index (χ1v) is 8.68. The summed E-state index contributed by atoms with van der Waals surface area (Å²) in [6, 6.07) is 15.4. The van der Waals surface area contributed by atoms with Crippen molar-refractivity contribution in [3.8, 4) is 0 Å². The van der Waals surface area contributed by atoms with Crippen LogP contribution in [0, 0.1) is 5.41 Å². The normalized spacial score (nSPS) is 15.3. The molecule has 0 radical (unpaired) electrons. The van der Waals surface area contributed by atoms with Crippen molar-refractivity contribution in [1.82, 2.24) is 5.32 Å². The van der Waals surface area contributed by atoms with E-state index in [-0.39, 0.29) is 12.1 Å². The maximum atomic E-state index is 12.2. The van der Waals surface area contributed by atoms with Crippen molar-refractivity contribution < 1.29 is 19.5 Å². The number of urea groups is 1. The molecule has 3 rings (SSSR count). The number of carboxylic acids is 1. The number of rotatable bonds is 6. The van der Waals surface area contributed by atoms with Crippen LogP contribution in [0.2, 0.25) is 0 Å². The lowest BCUT2D eigenvalue weighted by molar-refractivity contribution is -0.149. The molecular weight excluding hydrogens is 346 g/mol. The Bertz CT molecular complexity index is 845. The summed E-state index contributed by atoms with van der Waals surface area (Å²) in [7, 11) is 0. The van der Waals surface area contributed by atoms with Crippen LogP contribution in [0.15, 0.2) is 54.6 Å². The van der Waals surface area contributed by atoms with E-state index in [0.29, 0.717) is 24.2 Å². The van der Waals surface area contributed by atoms with Crippen LogP contribution in [0.1, 0.15) is 31.4 Å². The highest BCUT2D eigenvalue weighted by atomic mass is 16.4. The first-order chi connectivity index (χ1) is 12.9. The Kier molecular flexibility index (Phi) is 5.12. The standard InChI is InChI=1S/C20H21N3O4/c1-13(21-17(24)20(11-12-20)18(25)26)14-7-9-16(10-8-14)23-19(27)22-15-5-3-2-4-6-15/h2-10,13H,11-12H2,1H3,(H,21,24)(H,25,26)(H2,22,23,27). The molecule has 2 aromatic carbocycles. The summed E-state index contributed by atoms with van der Waals surface area (Å²) >= 11 is 0. The quantitative estimate of drug-likeness (QED) is 0.587. The van der Waals surface area contributed by atoms with Gasteiger partial charge in [-0.2, -0.15) is 0 Å². The molecule has 1 aliphatic rings. The zero-order chi connectivity index (χ0) is 19.4. The Balaban J connectivity index is 1.56. The number of amides is 3. The molecule has 0 saturated heterocycles. The summed E-state index contributed by atoms with van der Waals surface area (Å²) in [5.74, 6) is -1.52. The predicted molar refractivity (Wildman–Crippen MR) is 101 cm³/mol. The van der Waals surface area contributed by atoms with Crippen LogP contribution in [-0.2, 0) is 9.59 Å². The second-order valence-electron chi connectivity index (χ2n) is 6.65. The number of carboxylic acid groups (broad SMARTS) is 1. The molecule has 0 spiro atoms. The van der Waals surface area contributed by atoms with Crippen LogP contribution in [-0.4, -0.2) is 23.0 Å². The molecule has 0 aliphatic heterocycles. The monoisotopic (exact) mass is 367 g/mol. The first-order valence-electron chi connectivity index (χ1n) is 8.68. The summed E-state index contributed by atoms with van der Waals surface area (Å²) < 4.78 is 0. The van der Waals surface area contributed by atoms with Gasteiger partial charge in [0.05, 0.1) is 6.04 Å². The smallest absolute Gasteiger partial charge is 0.323 e. The highest BCUT2D eigenvalue weighted by Gasteiger charge is 2.57. The molecular formula is C20H21N3O4. The Morgan fingerprint density at radius 3 is 2.00 bits per heavy atom. The SMILES string of the molecule is CC(NC(=O)C1(C(=O)O)CC1)c1ccc(NC(=O)Nc2ccccc2)cc1. The average molecular weight is 367 g/mol. The van der Waals surface area contributed by atoms with Gasteiger partial charge in [0.1, 0.15) is 5.41 Å². The second-order valence-corrected chi connectivity index (χ2v) is 6.65. The van der Waals surface area contributed by atoms with E-state index in [1.54, 1.807) is 43.3 Å². The van der Waals surface area contributed by atoms with Crippen LogP contribution in [0.4, 0.5) is 16.2 Å². The lowest BCUT2D eigenvalue weighted by Gasteiger charge is -2.18. The van der Waals surface area contributed by atoms with Gasteiger partial charge in [-0.1, -0.05) is 30.3 Å². The minimum Gasteiger partial charge on any atom is -0.480 e. The number of carbonyl (C=O) groups excluding carboxylic acids is 2. The van der Waals surface area contributed by atoms with Gasteiger partial charge in [0, 0.05) is 11.4 Å². The van der Waals surface area contributed by atoms with E-state index in [2.05, 4.69) is 16.0 Å². The molecule has 0 bridgehead atoms. The third-order valence-electron chi connectivity index (χ3n) is 4.64. The van der Waals surface area contributed by atoms with Gasteiger partial charge in [0.25, 0.3) is 0 Å². The van der Waals surface area contributed by atoms with Crippen molar-refractivity contribution in [2.24, 2.45) is 5.41 Å². The minimum atomic E-state index is -1.26. The van der Waals surface area contributed by atoms with Gasteiger partial charge in [0.15, 0.2) is 0 Å². The molecule has 1 saturated carbocycles. The Hall–Kier alpha value is -3.35. The molecule has 3 amide bonds. The van der Waals surface area contributed by atoms with Gasteiger partial charge in [-0.25, -0.2) is 4.79 Å². The van der Waals surface area contributed by atoms with Crippen molar-refractivity contribution >= 4 is 29.3 Å². The van der Waals surface area contributed by atoms with E-state index in [1.807, 2.05) is 18.2 Å². The first kappa shape index (κ1) is 18.4. The van der Waals surface area contributed by atoms with Crippen molar-refractivity contribution in [2.45, 2.75) is 25.8 Å². The van der Waals surface area contributed by atoms with Gasteiger partial charge in [-0.05, 0) is 49.6 Å². The van der Waals surface area contributed by atoms with Crippen LogP contribution in [0.25, 0.3) is 0 Å². The van der Waals surface area contributed by atoms with Crippen molar-refractivity contribution in [3.63, 3.8) is 0 Å². The maximum Gasteiger partial charge on any atom is 0.323 e. The summed E-state index contributed by atoms with van der Waals surface area (Å²) in [6.07, 6.45) is 0.751. The van der Waals surface area contributed by atoms with E-state index < -0.39 is 17.3 Å². The Morgan fingerprint density at radius 1 is 0.926 bits per heavy atom. The third kappa shape index (κ3) is 4.25. The fourth-order valence-electron chi connectivity index (χ4n) is 2.75. The Labute approximate surface area is 156 Å². The lowest BCUT2D eigenvalue weighted by Crippen LogP contribution is -2.38. The molecule has 140 valence electrons. The number of carbonyl (C=O) groups is 3. The number of para-hydroxylation sites is 1. The number of hydrogen-bond donors (Lipinski definition) is 4. The maximum absolute atomic E-state index is 12.2. The van der Waals surface area contributed by atoms with Gasteiger partial charge in [-0.3, -0.25) is 9.59 Å². The lowest BCUT2D eigenvalue weighted by atomic mass is 10.0. The van der Waals surface area contributed by atoms with Crippen molar-refractivity contribution in [3.05, 3.63) is 60.2 Å². The van der Waals surface area contributed by atoms with Crippen LogP contribution < -0.4 is 16.0 Å². The molecule has 7 nitrogen and oxygen atoms in total. The molecule has 0 heterocycles. The van der Waals surface area contributed by atoms with E-state index in [1.165, 1.54) is 0 Å². The third-order valence-corrected chi connectivity index (χ3v) is 4.64. The molecule has 1 atom stereocenters. The van der Waals surface area contributed by atoms with E-state index in [9.17, 15) is 19.5 Å². The van der Waals surface area contributed by atoms with Gasteiger partial charge >= 0.3 is 12.0 Å². The molecule has 0 aromatic heterocycles. The zero-order valence-electron chi connectivity index (χ0n) is 14.9. The summed E-state index contributed by atoms with van der Waals surface area (Å²) in [4.78, 5) is 35.4. The van der Waals surface area contributed by atoms with Crippen LogP contribution in [0.5, 0.6) is 0 Å². The number of anilines is 2. The van der Waals surface area contributed by atoms with E-state index in [0.717, 1.165) is 5.56 Å². The number of aliphatic carboxylic acids is 1. The zero-order valence-corrected chi connectivity index (χ0v) is 14.9. The van der Waals surface area contributed by atoms with Gasteiger partial charge in [0.2, 0.25) is 5.91 Å². The fourth-order valence-corrected chi connectivity index (χ4v) is 2.75. The highest BCUT2D eigenvalue weighted by molar-refractivity contribution is 6.05. The summed E-state index contributed by atoms with van der Waals surface area (Å²) in [5.41, 5.74) is 0.856. The van der Waals surface area contributed by atoms with E-state index in [4.69, 9.17) is 0 Å². The minimum absolute atomic E-state index is 0.332. The van der Waals surface area contributed by atoms with Gasteiger partial charge < -0.3 is 21.1 Å². The van der Waals surface area contributed by atoms with Crippen molar-refractivity contribution in [1.29, 1.82) is 0 Å². The second kappa shape index (κ2) is 7.49. The largest absolute Gasteiger partial charge is 0.480 e. The molecule has 2 aromatic rings.